The zero-order valence-electron chi connectivity index (χ0n) is 10.6. The van der Waals surface area contributed by atoms with Gasteiger partial charge in [0.15, 0.2) is 0 Å². The molecule has 0 saturated carbocycles. The van der Waals surface area contributed by atoms with Gasteiger partial charge in [-0.15, -0.1) is 0 Å². The van der Waals surface area contributed by atoms with Crippen molar-refractivity contribution in [2.75, 3.05) is 6.54 Å². The van der Waals surface area contributed by atoms with Crippen LogP contribution in [0, 0.1) is 5.82 Å². The Morgan fingerprint density at radius 3 is 3.00 bits per heavy atom. The van der Waals surface area contributed by atoms with Crippen LogP contribution in [0.25, 0.3) is 10.9 Å². The molecule has 98 valence electrons. The highest BCUT2D eigenvalue weighted by Gasteiger charge is 2.14. The van der Waals surface area contributed by atoms with Crippen molar-refractivity contribution in [2.45, 2.75) is 32.4 Å². The highest BCUT2D eigenvalue weighted by Crippen LogP contribution is 2.24. The molecule has 5 heteroatoms. The summed E-state index contributed by atoms with van der Waals surface area (Å²) in [7, 11) is 0. The van der Waals surface area contributed by atoms with Gasteiger partial charge in [0.25, 0.3) is 0 Å². The van der Waals surface area contributed by atoms with E-state index >= 15 is 0 Å². The van der Waals surface area contributed by atoms with Gasteiger partial charge < -0.3 is 10.4 Å². The highest BCUT2D eigenvalue weighted by atomic mass is 19.1. The molecule has 0 unspecified atom stereocenters. The first-order valence-electron chi connectivity index (χ1n) is 6.15. The van der Waals surface area contributed by atoms with Crippen molar-refractivity contribution in [3.05, 3.63) is 29.7 Å². The van der Waals surface area contributed by atoms with Crippen molar-refractivity contribution in [3.8, 4) is 0 Å². The summed E-state index contributed by atoms with van der Waals surface area (Å²) in [4.78, 5) is 0. The van der Waals surface area contributed by atoms with Crippen LogP contribution in [0.5, 0.6) is 0 Å². The summed E-state index contributed by atoms with van der Waals surface area (Å²) in [6.07, 6.45) is 1.85. The topological polar surface area (TPSA) is 60.9 Å². The van der Waals surface area contributed by atoms with E-state index in [0.717, 1.165) is 11.8 Å². The summed E-state index contributed by atoms with van der Waals surface area (Å²) in [5, 5.41) is 20.7. The SMILES string of the molecule is CC[C@@H](C)NC[C@H](O)c1cc(F)cc2[nH]ncc12. The predicted molar refractivity (Wildman–Crippen MR) is 68.8 cm³/mol. The van der Waals surface area contributed by atoms with Crippen molar-refractivity contribution < 1.29 is 9.50 Å². The quantitative estimate of drug-likeness (QED) is 0.763. The monoisotopic (exact) mass is 251 g/mol. The van der Waals surface area contributed by atoms with E-state index < -0.39 is 6.10 Å². The molecule has 0 saturated heterocycles. The molecule has 0 aliphatic carbocycles. The molecule has 18 heavy (non-hydrogen) atoms. The average Bonchev–Trinajstić information content (AvgIpc) is 2.82. The molecule has 0 amide bonds. The third-order valence-electron chi connectivity index (χ3n) is 3.19. The van der Waals surface area contributed by atoms with Crippen molar-refractivity contribution in [3.63, 3.8) is 0 Å². The molecule has 3 N–H and O–H groups in total. The van der Waals surface area contributed by atoms with Crippen molar-refractivity contribution in [1.29, 1.82) is 0 Å². The Morgan fingerprint density at radius 1 is 1.50 bits per heavy atom. The minimum absolute atomic E-state index is 0.327. The maximum atomic E-state index is 13.4. The van der Waals surface area contributed by atoms with E-state index in [0.29, 0.717) is 23.7 Å². The Morgan fingerprint density at radius 2 is 2.28 bits per heavy atom. The highest BCUT2D eigenvalue weighted by molar-refractivity contribution is 5.82. The van der Waals surface area contributed by atoms with E-state index in [1.807, 2.05) is 6.92 Å². The van der Waals surface area contributed by atoms with Crippen molar-refractivity contribution in [2.24, 2.45) is 0 Å². The van der Waals surface area contributed by atoms with Gasteiger partial charge in [0, 0.05) is 18.0 Å². The maximum Gasteiger partial charge on any atom is 0.125 e. The number of nitrogens with zero attached hydrogens (tertiary/aromatic N) is 1. The van der Waals surface area contributed by atoms with Crippen LogP contribution in [0.3, 0.4) is 0 Å². The molecule has 2 aromatic rings. The van der Waals surface area contributed by atoms with Gasteiger partial charge in [0.2, 0.25) is 0 Å². The third kappa shape index (κ3) is 2.68. The lowest BCUT2D eigenvalue weighted by Crippen LogP contribution is -2.29. The average molecular weight is 251 g/mol. The molecule has 0 radical (unpaired) electrons. The summed E-state index contributed by atoms with van der Waals surface area (Å²) in [6.45, 7) is 4.52. The van der Waals surface area contributed by atoms with Gasteiger partial charge in [-0.1, -0.05) is 6.92 Å². The molecule has 0 aliphatic heterocycles. The van der Waals surface area contributed by atoms with Gasteiger partial charge in [0.05, 0.1) is 17.8 Å². The van der Waals surface area contributed by atoms with Crippen LogP contribution in [0.15, 0.2) is 18.3 Å². The number of H-pyrrole nitrogens is 1. The molecular formula is C13H18FN3O. The first-order chi connectivity index (χ1) is 8.61. The number of nitrogens with one attached hydrogen (secondary N) is 2. The minimum Gasteiger partial charge on any atom is -0.387 e. The summed E-state index contributed by atoms with van der Waals surface area (Å²) >= 11 is 0. The number of hydrogen-bond acceptors (Lipinski definition) is 3. The minimum atomic E-state index is -0.741. The number of halogens is 1. The molecule has 1 heterocycles. The van der Waals surface area contributed by atoms with Gasteiger partial charge in [-0.2, -0.15) is 5.10 Å². The van der Waals surface area contributed by atoms with E-state index in [-0.39, 0.29) is 5.82 Å². The lowest BCUT2D eigenvalue weighted by atomic mass is 10.0. The molecule has 0 fully saturated rings. The van der Waals surface area contributed by atoms with E-state index in [9.17, 15) is 9.50 Å². The second-order valence-corrected chi connectivity index (χ2v) is 4.56. The summed E-state index contributed by atoms with van der Waals surface area (Å²) in [5.41, 5.74) is 1.17. The van der Waals surface area contributed by atoms with Crippen LogP contribution < -0.4 is 5.32 Å². The number of rotatable bonds is 5. The third-order valence-corrected chi connectivity index (χ3v) is 3.19. The van der Waals surface area contributed by atoms with Gasteiger partial charge in [-0.3, -0.25) is 5.10 Å². The number of aromatic amines is 1. The number of benzene rings is 1. The first kappa shape index (κ1) is 13.0. The molecule has 0 bridgehead atoms. The maximum absolute atomic E-state index is 13.4. The fraction of sp³-hybridized carbons (Fsp3) is 0.462. The summed E-state index contributed by atoms with van der Waals surface area (Å²) in [6, 6.07) is 3.06. The zero-order valence-corrected chi connectivity index (χ0v) is 10.6. The lowest BCUT2D eigenvalue weighted by Gasteiger charge is -2.16. The van der Waals surface area contributed by atoms with Crippen molar-refractivity contribution >= 4 is 10.9 Å². The molecule has 2 rings (SSSR count). The molecule has 2 atom stereocenters. The van der Waals surface area contributed by atoms with Crippen LogP contribution in [-0.2, 0) is 0 Å². The van der Waals surface area contributed by atoms with E-state index in [1.165, 1.54) is 12.1 Å². The van der Waals surface area contributed by atoms with E-state index in [1.54, 1.807) is 6.20 Å². The fourth-order valence-corrected chi connectivity index (χ4v) is 1.88. The van der Waals surface area contributed by atoms with Gasteiger partial charge in [-0.05, 0) is 31.0 Å². The van der Waals surface area contributed by atoms with Crippen LogP contribution in [0.1, 0.15) is 31.9 Å². The molecule has 1 aromatic carbocycles. The number of hydrogen-bond donors (Lipinski definition) is 3. The molecule has 0 aliphatic rings. The number of aromatic nitrogens is 2. The molecule has 4 nitrogen and oxygen atoms in total. The second-order valence-electron chi connectivity index (χ2n) is 4.56. The Bertz CT molecular complexity index is 526. The smallest absolute Gasteiger partial charge is 0.125 e. The van der Waals surface area contributed by atoms with Gasteiger partial charge in [-0.25, -0.2) is 4.39 Å². The Hall–Kier alpha value is -1.46. The molecule has 1 aromatic heterocycles. The number of fused-ring (bicyclic) bond motifs is 1. The molecular weight excluding hydrogens is 233 g/mol. The van der Waals surface area contributed by atoms with Crippen LogP contribution in [0.4, 0.5) is 4.39 Å². The molecule has 0 spiro atoms. The summed E-state index contributed by atoms with van der Waals surface area (Å²) in [5.74, 6) is -0.371. The normalized spacial score (nSPS) is 14.9. The second kappa shape index (κ2) is 5.46. The van der Waals surface area contributed by atoms with Crippen LogP contribution in [-0.4, -0.2) is 27.9 Å². The van der Waals surface area contributed by atoms with E-state index in [4.69, 9.17) is 0 Å². The first-order valence-corrected chi connectivity index (χ1v) is 6.15. The Balaban J connectivity index is 2.21. The lowest BCUT2D eigenvalue weighted by molar-refractivity contribution is 0.171. The van der Waals surface area contributed by atoms with E-state index in [2.05, 4.69) is 22.4 Å². The number of aliphatic hydroxyl groups is 1. The Kier molecular flexibility index (Phi) is 3.93. The zero-order chi connectivity index (χ0) is 13.1. The van der Waals surface area contributed by atoms with Gasteiger partial charge >= 0.3 is 0 Å². The fourth-order valence-electron chi connectivity index (χ4n) is 1.88. The van der Waals surface area contributed by atoms with Crippen LogP contribution >= 0.6 is 0 Å². The number of aliphatic hydroxyl groups excluding tert-OH is 1. The Labute approximate surface area is 105 Å². The largest absolute Gasteiger partial charge is 0.387 e. The standard InChI is InChI=1S/C13H18FN3O/c1-3-8(2)15-7-13(18)10-4-9(14)5-12-11(10)6-16-17-12/h4-6,8,13,15,18H,3,7H2,1-2H3,(H,16,17)/t8-,13+/m1/s1. The van der Waals surface area contributed by atoms with Crippen molar-refractivity contribution in [1.82, 2.24) is 15.5 Å². The van der Waals surface area contributed by atoms with Gasteiger partial charge in [0.1, 0.15) is 5.82 Å². The van der Waals surface area contributed by atoms with Crippen LogP contribution in [0.2, 0.25) is 0 Å². The summed E-state index contributed by atoms with van der Waals surface area (Å²) < 4.78 is 13.4. The predicted octanol–water partition coefficient (Wildman–Crippen LogP) is 2.12.